The van der Waals surface area contributed by atoms with E-state index in [1.807, 2.05) is 25.7 Å². The molecule has 1 aromatic carbocycles. The second kappa shape index (κ2) is 7.51. The standard InChI is InChI=1S/C17H21N3O5S2/c1-10(2)11(3)18-15(21)9-25-16(22)12-4-5-13-14(8-12)26-17-19-27(23,24)7-6-20(13)17/h4-5,8,10-11H,6-7,9H2,1-3H3,(H,18,21)/t11-/m1/s1. The van der Waals surface area contributed by atoms with Crippen LogP contribution in [0.15, 0.2) is 27.5 Å². The summed E-state index contributed by atoms with van der Waals surface area (Å²) in [6.45, 7) is 5.85. The number of carbonyl (C=O) groups is 2. The highest BCUT2D eigenvalue weighted by Crippen LogP contribution is 2.42. The topological polar surface area (TPSA) is 105 Å². The van der Waals surface area contributed by atoms with Gasteiger partial charge in [-0.2, -0.15) is 0 Å². The molecule has 27 heavy (non-hydrogen) atoms. The van der Waals surface area contributed by atoms with Crippen molar-refractivity contribution in [1.82, 2.24) is 5.32 Å². The number of benzene rings is 1. The van der Waals surface area contributed by atoms with E-state index in [-0.39, 0.29) is 30.2 Å². The van der Waals surface area contributed by atoms with Gasteiger partial charge in [0.25, 0.3) is 15.9 Å². The normalized spacial score (nSPS) is 18.4. The molecule has 10 heteroatoms. The maximum atomic E-state index is 12.2. The highest BCUT2D eigenvalue weighted by Gasteiger charge is 2.33. The molecule has 0 saturated heterocycles. The van der Waals surface area contributed by atoms with Crippen molar-refractivity contribution >= 4 is 44.5 Å². The number of hydrogen-bond donors (Lipinski definition) is 1. The first-order chi connectivity index (χ1) is 12.7. The second-order valence-corrected chi connectivity index (χ2v) is 9.54. The summed E-state index contributed by atoms with van der Waals surface area (Å²) in [7, 11) is -3.43. The van der Waals surface area contributed by atoms with Crippen LogP contribution in [0.4, 0.5) is 5.69 Å². The van der Waals surface area contributed by atoms with E-state index in [0.717, 1.165) is 10.6 Å². The Hall–Kier alpha value is -2.07. The van der Waals surface area contributed by atoms with Crippen LogP contribution in [-0.2, 0) is 19.6 Å². The number of thioether (sulfide) groups is 1. The van der Waals surface area contributed by atoms with Gasteiger partial charge in [0.1, 0.15) is 0 Å². The number of nitrogens with one attached hydrogen (secondary N) is 1. The van der Waals surface area contributed by atoms with Crippen molar-refractivity contribution in [2.75, 3.05) is 23.8 Å². The smallest absolute Gasteiger partial charge is 0.338 e. The van der Waals surface area contributed by atoms with Gasteiger partial charge in [0.05, 0.1) is 17.0 Å². The summed E-state index contributed by atoms with van der Waals surface area (Å²) in [5.41, 5.74) is 1.11. The molecule has 0 bridgehead atoms. The fraction of sp³-hybridized carbons (Fsp3) is 0.471. The summed E-state index contributed by atoms with van der Waals surface area (Å²) in [6, 6.07) is 4.95. The molecular formula is C17H21N3O5S2. The maximum absolute atomic E-state index is 12.2. The number of fused-ring (bicyclic) bond motifs is 3. The summed E-state index contributed by atoms with van der Waals surface area (Å²) in [5.74, 6) is -0.713. The lowest BCUT2D eigenvalue weighted by molar-refractivity contribution is -0.125. The number of hydrogen-bond acceptors (Lipinski definition) is 7. The Labute approximate surface area is 162 Å². The lowest BCUT2D eigenvalue weighted by atomic mass is 10.1. The number of carbonyl (C=O) groups excluding carboxylic acids is 2. The molecule has 8 nitrogen and oxygen atoms in total. The van der Waals surface area contributed by atoms with Gasteiger partial charge in [0, 0.05) is 17.5 Å². The first-order valence-corrected chi connectivity index (χ1v) is 11.0. The summed E-state index contributed by atoms with van der Waals surface area (Å²) < 4.78 is 32.2. The van der Waals surface area contributed by atoms with Gasteiger partial charge < -0.3 is 15.0 Å². The SMILES string of the molecule is CC(C)[C@@H](C)NC(=O)COC(=O)c1ccc2c(c1)SC1=NS(=O)(=O)CCN12. The van der Waals surface area contributed by atoms with Crippen LogP contribution in [0.2, 0.25) is 0 Å². The van der Waals surface area contributed by atoms with Crippen molar-refractivity contribution in [3.63, 3.8) is 0 Å². The van der Waals surface area contributed by atoms with E-state index < -0.39 is 16.0 Å². The average Bonchev–Trinajstić information content (AvgIpc) is 2.94. The fourth-order valence-corrected chi connectivity index (χ4v) is 4.83. The minimum atomic E-state index is -3.43. The summed E-state index contributed by atoms with van der Waals surface area (Å²) in [5, 5.41) is 3.16. The molecule has 0 saturated carbocycles. The van der Waals surface area contributed by atoms with Gasteiger partial charge in [-0.05, 0) is 42.8 Å². The minimum Gasteiger partial charge on any atom is -0.452 e. The lowest BCUT2D eigenvalue weighted by Gasteiger charge is -2.22. The molecule has 2 aliphatic rings. The molecule has 146 valence electrons. The Morgan fingerprint density at radius 2 is 2.07 bits per heavy atom. The van der Waals surface area contributed by atoms with Crippen LogP contribution < -0.4 is 10.2 Å². The Balaban J connectivity index is 1.65. The van der Waals surface area contributed by atoms with E-state index in [2.05, 4.69) is 9.71 Å². The molecule has 2 heterocycles. The fourth-order valence-electron chi connectivity index (χ4n) is 2.53. The second-order valence-electron chi connectivity index (χ2n) is 6.77. The van der Waals surface area contributed by atoms with Crippen molar-refractivity contribution in [2.45, 2.75) is 31.7 Å². The van der Waals surface area contributed by atoms with Crippen molar-refractivity contribution in [3.05, 3.63) is 23.8 Å². The van der Waals surface area contributed by atoms with Gasteiger partial charge in [-0.1, -0.05) is 13.8 Å². The van der Waals surface area contributed by atoms with E-state index in [4.69, 9.17) is 4.74 Å². The van der Waals surface area contributed by atoms with Crippen molar-refractivity contribution < 1.29 is 22.7 Å². The molecule has 3 rings (SSSR count). The zero-order valence-corrected chi connectivity index (χ0v) is 16.9. The summed E-state index contributed by atoms with van der Waals surface area (Å²) in [4.78, 5) is 26.6. The van der Waals surface area contributed by atoms with Gasteiger partial charge in [-0.15, -0.1) is 4.40 Å². The molecule has 0 aliphatic carbocycles. The van der Waals surface area contributed by atoms with Crippen molar-refractivity contribution in [1.29, 1.82) is 0 Å². The van der Waals surface area contributed by atoms with Gasteiger partial charge in [-0.3, -0.25) is 4.79 Å². The Bertz CT molecular complexity index is 911. The van der Waals surface area contributed by atoms with E-state index in [0.29, 0.717) is 17.3 Å². The molecule has 0 unspecified atom stereocenters. The number of ether oxygens (including phenoxy) is 1. The molecule has 0 spiro atoms. The first kappa shape index (κ1) is 19.7. The Morgan fingerprint density at radius 1 is 1.33 bits per heavy atom. The Kier molecular flexibility index (Phi) is 5.48. The monoisotopic (exact) mass is 411 g/mol. The molecule has 0 radical (unpaired) electrons. The molecule has 1 atom stereocenters. The highest BCUT2D eigenvalue weighted by molar-refractivity contribution is 8.15. The third kappa shape index (κ3) is 4.44. The number of rotatable bonds is 5. The van der Waals surface area contributed by atoms with E-state index >= 15 is 0 Å². The highest BCUT2D eigenvalue weighted by atomic mass is 32.2. The van der Waals surface area contributed by atoms with Crippen molar-refractivity contribution in [2.24, 2.45) is 10.3 Å². The predicted molar refractivity (Wildman–Crippen MR) is 104 cm³/mol. The first-order valence-electron chi connectivity index (χ1n) is 8.55. The molecular weight excluding hydrogens is 390 g/mol. The van der Waals surface area contributed by atoms with Gasteiger partial charge in [-0.25, -0.2) is 13.2 Å². The number of sulfonamides is 1. The van der Waals surface area contributed by atoms with Crippen LogP contribution in [0.3, 0.4) is 0 Å². The van der Waals surface area contributed by atoms with Gasteiger partial charge in [0.2, 0.25) is 0 Å². The van der Waals surface area contributed by atoms with Crippen LogP contribution in [-0.4, -0.2) is 50.4 Å². The number of nitrogens with zero attached hydrogens (tertiary/aromatic N) is 2. The molecule has 2 aliphatic heterocycles. The molecule has 0 aromatic heterocycles. The number of amidine groups is 1. The van der Waals surface area contributed by atoms with Crippen LogP contribution in [0.1, 0.15) is 31.1 Å². The molecule has 1 amide bonds. The average molecular weight is 412 g/mol. The number of anilines is 1. The minimum absolute atomic E-state index is 0.0120. The third-order valence-electron chi connectivity index (χ3n) is 4.43. The molecule has 1 aromatic rings. The molecule has 0 fully saturated rings. The Morgan fingerprint density at radius 3 is 2.78 bits per heavy atom. The zero-order chi connectivity index (χ0) is 19.8. The summed E-state index contributed by atoms with van der Waals surface area (Å²) in [6.07, 6.45) is 0. The molecule has 1 N–H and O–H groups in total. The number of esters is 1. The van der Waals surface area contributed by atoms with E-state index in [1.165, 1.54) is 11.8 Å². The third-order valence-corrected chi connectivity index (χ3v) is 6.74. The zero-order valence-electron chi connectivity index (χ0n) is 15.3. The van der Waals surface area contributed by atoms with Gasteiger partial charge >= 0.3 is 5.97 Å². The van der Waals surface area contributed by atoms with Crippen LogP contribution in [0.5, 0.6) is 0 Å². The number of amides is 1. The van der Waals surface area contributed by atoms with E-state index in [1.54, 1.807) is 18.2 Å². The van der Waals surface area contributed by atoms with Crippen LogP contribution in [0, 0.1) is 5.92 Å². The van der Waals surface area contributed by atoms with E-state index in [9.17, 15) is 18.0 Å². The maximum Gasteiger partial charge on any atom is 0.338 e. The lowest BCUT2D eigenvalue weighted by Crippen LogP contribution is -2.38. The van der Waals surface area contributed by atoms with Crippen LogP contribution in [0.25, 0.3) is 0 Å². The van der Waals surface area contributed by atoms with Crippen molar-refractivity contribution in [3.8, 4) is 0 Å². The summed E-state index contributed by atoms with van der Waals surface area (Å²) >= 11 is 1.20. The van der Waals surface area contributed by atoms with Crippen LogP contribution >= 0.6 is 11.8 Å². The van der Waals surface area contributed by atoms with Gasteiger partial charge in [0.15, 0.2) is 11.8 Å². The predicted octanol–water partition coefficient (Wildman–Crippen LogP) is 1.62. The quantitative estimate of drug-likeness (QED) is 0.734. The largest absolute Gasteiger partial charge is 0.452 e.